The van der Waals surface area contributed by atoms with E-state index in [-0.39, 0.29) is 11.8 Å². The maximum absolute atomic E-state index is 12.5. The summed E-state index contributed by atoms with van der Waals surface area (Å²) in [4.78, 5) is 12.5. The zero-order valence-corrected chi connectivity index (χ0v) is 15.5. The van der Waals surface area contributed by atoms with Gasteiger partial charge in [0.05, 0.1) is 24.6 Å². The Bertz CT molecular complexity index is 575. The third-order valence-corrected chi connectivity index (χ3v) is 5.12. The molecule has 2 atom stereocenters. The van der Waals surface area contributed by atoms with Crippen LogP contribution in [0, 0.1) is 5.92 Å². The van der Waals surface area contributed by atoms with Crippen LogP contribution in [-0.2, 0) is 11.3 Å². The number of carbonyl (C=O) groups excluding carboxylic acids is 1. The molecule has 1 aromatic rings. The fourth-order valence-electron chi connectivity index (χ4n) is 3.17. The molecule has 5 nitrogen and oxygen atoms in total. The SMILES string of the molecule is COc1cc(CNC(=O)C2CCCCC2(C)N)cc(Br)c1OC. The summed E-state index contributed by atoms with van der Waals surface area (Å²) in [5.74, 6) is 1.18. The van der Waals surface area contributed by atoms with Gasteiger partial charge in [0.2, 0.25) is 5.91 Å². The monoisotopic (exact) mass is 384 g/mol. The van der Waals surface area contributed by atoms with Crippen LogP contribution in [0.4, 0.5) is 0 Å². The molecule has 128 valence electrons. The van der Waals surface area contributed by atoms with E-state index in [0.29, 0.717) is 18.0 Å². The summed E-state index contributed by atoms with van der Waals surface area (Å²) in [6.07, 6.45) is 3.91. The first kappa shape index (κ1) is 18.1. The van der Waals surface area contributed by atoms with Crippen LogP contribution in [0.15, 0.2) is 16.6 Å². The lowest BCUT2D eigenvalue weighted by atomic mass is 9.74. The van der Waals surface area contributed by atoms with E-state index in [1.807, 2.05) is 19.1 Å². The molecule has 6 heteroatoms. The molecule has 2 rings (SSSR count). The molecule has 1 aliphatic carbocycles. The number of rotatable bonds is 5. The smallest absolute Gasteiger partial charge is 0.225 e. The number of nitrogens with two attached hydrogens (primary N) is 1. The van der Waals surface area contributed by atoms with Crippen LogP contribution in [0.3, 0.4) is 0 Å². The lowest BCUT2D eigenvalue weighted by Crippen LogP contribution is -2.52. The maximum atomic E-state index is 12.5. The normalized spacial score (nSPS) is 24.1. The number of carbonyl (C=O) groups is 1. The van der Waals surface area contributed by atoms with E-state index in [1.54, 1.807) is 14.2 Å². The molecule has 0 spiro atoms. The molecule has 1 amide bonds. The third-order valence-electron chi connectivity index (χ3n) is 4.53. The van der Waals surface area contributed by atoms with Crippen molar-refractivity contribution in [3.8, 4) is 11.5 Å². The lowest BCUT2D eigenvalue weighted by molar-refractivity contribution is -0.128. The fraction of sp³-hybridized carbons (Fsp3) is 0.588. The highest BCUT2D eigenvalue weighted by atomic mass is 79.9. The van der Waals surface area contributed by atoms with Crippen molar-refractivity contribution >= 4 is 21.8 Å². The molecule has 1 fully saturated rings. The summed E-state index contributed by atoms with van der Waals surface area (Å²) in [7, 11) is 3.18. The Morgan fingerprint density at radius 2 is 2.13 bits per heavy atom. The molecule has 2 unspecified atom stereocenters. The molecule has 0 saturated heterocycles. The van der Waals surface area contributed by atoms with Crippen molar-refractivity contribution in [2.24, 2.45) is 11.7 Å². The quantitative estimate of drug-likeness (QED) is 0.817. The first-order valence-electron chi connectivity index (χ1n) is 7.86. The van der Waals surface area contributed by atoms with E-state index < -0.39 is 5.54 Å². The molecule has 1 aromatic carbocycles. The van der Waals surface area contributed by atoms with Crippen molar-refractivity contribution in [3.05, 3.63) is 22.2 Å². The minimum absolute atomic E-state index is 0.0283. The third kappa shape index (κ3) is 4.18. The summed E-state index contributed by atoms with van der Waals surface area (Å²) >= 11 is 3.46. The van der Waals surface area contributed by atoms with Crippen LogP contribution in [0.2, 0.25) is 0 Å². The number of hydrogen-bond donors (Lipinski definition) is 2. The summed E-state index contributed by atoms with van der Waals surface area (Å²) in [5, 5.41) is 3.00. The van der Waals surface area contributed by atoms with Crippen molar-refractivity contribution in [2.75, 3.05) is 14.2 Å². The minimum atomic E-state index is -0.416. The summed E-state index contributed by atoms with van der Waals surface area (Å²) in [5.41, 5.74) is 6.82. The second-order valence-electron chi connectivity index (χ2n) is 6.34. The number of methoxy groups -OCH3 is 2. The van der Waals surface area contributed by atoms with E-state index in [2.05, 4.69) is 21.2 Å². The van der Waals surface area contributed by atoms with Crippen LogP contribution < -0.4 is 20.5 Å². The molecule has 0 bridgehead atoms. The van der Waals surface area contributed by atoms with Crippen molar-refractivity contribution in [2.45, 2.75) is 44.7 Å². The number of hydrogen-bond acceptors (Lipinski definition) is 4. The van der Waals surface area contributed by atoms with Gasteiger partial charge in [-0.05, 0) is 53.4 Å². The zero-order valence-electron chi connectivity index (χ0n) is 13.9. The molecule has 23 heavy (non-hydrogen) atoms. The largest absolute Gasteiger partial charge is 0.493 e. The van der Waals surface area contributed by atoms with Crippen molar-refractivity contribution in [1.82, 2.24) is 5.32 Å². The van der Waals surface area contributed by atoms with Crippen molar-refractivity contribution < 1.29 is 14.3 Å². The summed E-state index contributed by atoms with van der Waals surface area (Å²) in [6, 6.07) is 3.79. The van der Waals surface area contributed by atoms with E-state index in [9.17, 15) is 4.79 Å². The van der Waals surface area contributed by atoms with Gasteiger partial charge in [-0.3, -0.25) is 4.79 Å². The van der Waals surface area contributed by atoms with E-state index >= 15 is 0 Å². The van der Waals surface area contributed by atoms with E-state index in [4.69, 9.17) is 15.2 Å². The van der Waals surface area contributed by atoms with Crippen molar-refractivity contribution in [3.63, 3.8) is 0 Å². The number of benzene rings is 1. The van der Waals surface area contributed by atoms with Crippen LogP contribution in [-0.4, -0.2) is 25.7 Å². The Hall–Kier alpha value is -1.27. The Morgan fingerprint density at radius 3 is 2.74 bits per heavy atom. The van der Waals surface area contributed by atoms with E-state index in [1.165, 1.54) is 0 Å². The van der Waals surface area contributed by atoms with Crippen LogP contribution in [0.25, 0.3) is 0 Å². The number of nitrogens with one attached hydrogen (secondary N) is 1. The van der Waals surface area contributed by atoms with Gasteiger partial charge in [0.15, 0.2) is 11.5 Å². The number of halogens is 1. The molecular formula is C17H25BrN2O3. The second-order valence-corrected chi connectivity index (χ2v) is 7.19. The molecule has 0 heterocycles. The van der Waals surface area contributed by atoms with Crippen LogP contribution >= 0.6 is 15.9 Å². The molecule has 1 aliphatic rings. The Kier molecular flexibility index (Phi) is 5.92. The predicted molar refractivity (Wildman–Crippen MR) is 93.6 cm³/mol. The fourth-order valence-corrected chi connectivity index (χ4v) is 3.83. The molecule has 3 N–H and O–H groups in total. The van der Waals surface area contributed by atoms with Gasteiger partial charge >= 0.3 is 0 Å². The zero-order chi connectivity index (χ0) is 17.0. The Morgan fingerprint density at radius 1 is 1.39 bits per heavy atom. The van der Waals surface area contributed by atoms with Gasteiger partial charge in [-0.25, -0.2) is 0 Å². The highest BCUT2D eigenvalue weighted by Crippen LogP contribution is 2.36. The van der Waals surface area contributed by atoms with Gasteiger partial charge < -0.3 is 20.5 Å². The lowest BCUT2D eigenvalue weighted by Gasteiger charge is -2.37. The first-order valence-corrected chi connectivity index (χ1v) is 8.65. The molecule has 0 aliphatic heterocycles. The van der Waals surface area contributed by atoms with Gasteiger partial charge in [-0.2, -0.15) is 0 Å². The van der Waals surface area contributed by atoms with Crippen molar-refractivity contribution in [1.29, 1.82) is 0 Å². The van der Waals surface area contributed by atoms with Gasteiger partial charge in [0.1, 0.15) is 0 Å². The highest BCUT2D eigenvalue weighted by molar-refractivity contribution is 9.10. The second kappa shape index (κ2) is 7.53. The molecule has 0 radical (unpaired) electrons. The number of ether oxygens (including phenoxy) is 2. The van der Waals surface area contributed by atoms with Crippen LogP contribution in [0.5, 0.6) is 11.5 Å². The number of amides is 1. The predicted octanol–water partition coefficient (Wildman–Crippen LogP) is 2.99. The maximum Gasteiger partial charge on any atom is 0.225 e. The van der Waals surface area contributed by atoms with Gasteiger partial charge in [-0.15, -0.1) is 0 Å². The minimum Gasteiger partial charge on any atom is -0.493 e. The van der Waals surface area contributed by atoms with Gasteiger partial charge in [0, 0.05) is 12.1 Å². The Balaban J connectivity index is 2.06. The molecule has 1 saturated carbocycles. The highest BCUT2D eigenvalue weighted by Gasteiger charge is 2.37. The Labute approximate surface area is 146 Å². The molecular weight excluding hydrogens is 360 g/mol. The van der Waals surface area contributed by atoms with Gasteiger partial charge in [-0.1, -0.05) is 12.8 Å². The standard InChI is InChI=1S/C17H25BrN2O3/c1-17(19)7-5-4-6-12(17)16(21)20-10-11-8-13(18)15(23-3)14(9-11)22-2/h8-9,12H,4-7,10,19H2,1-3H3,(H,20,21). The topological polar surface area (TPSA) is 73.6 Å². The van der Waals surface area contributed by atoms with Gasteiger partial charge in [0.25, 0.3) is 0 Å². The summed E-state index contributed by atoms with van der Waals surface area (Å²) < 4.78 is 11.4. The van der Waals surface area contributed by atoms with Crippen LogP contribution in [0.1, 0.15) is 38.2 Å². The van der Waals surface area contributed by atoms with E-state index in [0.717, 1.165) is 35.7 Å². The summed E-state index contributed by atoms with van der Waals surface area (Å²) in [6.45, 7) is 2.41. The molecule has 0 aromatic heterocycles. The first-order chi connectivity index (χ1) is 10.9. The average molecular weight is 385 g/mol. The average Bonchev–Trinajstić information content (AvgIpc) is 2.51.